The van der Waals surface area contributed by atoms with E-state index in [-0.39, 0.29) is 12.4 Å². The second-order valence-corrected chi connectivity index (χ2v) is 4.75. The van der Waals surface area contributed by atoms with Crippen LogP contribution < -0.4 is 10.1 Å². The molecule has 6 heteroatoms. The molecule has 0 aromatic carbocycles. The number of hydrogen-bond acceptors (Lipinski definition) is 4. The van der Waals surface area contributed by atoms with Crippen LogP contribution in [-0.4, -0.2) is 34.6 Å². The minimum absolute atomic E-state index is 0. The second-order valence-electron chi connectivity index (χ2n) is 4.75. The van der Waals surface area contributed by atoms with Gasteiger partial charge >= 0.3 is 0 Å². The smallest absolute Gasteiger partial charge is 0.296 e. The molecule has 0 amide bonds. The number of hydrogen-bond donors (Lipinski definition) is 2. The number of fused-ring (bicyclic) bond motifs is 1. The van der Waals surface area contributed by atoms with E-state index in [9.17, 15) is 0 Å². The van der Waals surface area contributed by atoms with E-state index in [1.54, 1.807) is 6.20 Å². The van der Waals surface area contributed by atoms with Crippen LogP contribution in [0.25, 0.3) is 11.2 Å². The Balaban J connectivity index is 0.00000133. The summed E-state index contributed by atoms with van der Waals surface area (Å²) in [6, 6.07) is 4.42. The third-order valence-electron chi connectivity index (χ3n) is 3.46. The van der Waals surface area contributed by atoms with Crippen molar-refractivity contribution in [2.45, 2.75) is 19.3 Å². The van der Waals surface area contributed by atoms with E-state index in [1.165, 1.54) is 12.8 Å². The van der Waals surface area contributed by atoms with Gasteiger partial charge in [0.2, 0.25) is 0 Å². The molecule has 3 rings (SSSR count). The summed E-state index contributed by atoms with van der Waals surface area (Å²) < 4.78 is 5.67. The first kappa shape index (κ1) is 14.1. The number of ether oxygens (including phenoxy) is 1. The molecule has 0 radical (unpaired) electrons. The van der Waals surface area contributed by atoms with Crippen molar-refractivity contribution in [3.63, 3.8) is 0 Å². The molecular weight excluding hydrogens is 264 g/mol. The Morgan fingerprint density at radius 1 is 1.32 bits per heavy atom. The van der Waals surface area contributed by atoms with Crippen molar-refractivity contribution < 1.29 is 4.74 Å². The molecule has 0 spiro atoms. The second kappa shape index (κ2) is 6.73. The van der Waals surface area contributed by atoms with Crippen molar-refractivity contribution in [2.24, 2.45) is 5.92 Å². The van der Waals surface area contributed by atoms with Gasteiger partial charge in [-0.1, -0.05) is 0 Å². The summed E-state index contributed by atoms with van der Waals surface area (Å²) in [6.45, 7) is 3.00. The Bertz CT molecular complexity index is 477. The molecule has 1 aliphatic rings. The van der Waals surface area contributed by atoms with Gasteiger partial charge in [0, 0.05) is 6.20 Å². The molecule has 3 heterocycles. The molecule has 1 aliphatic heterocycles. The molecule has 0 atom stereocenters. The van der Waals surface area contributed by atoms with Gasteiger partial charge in [-0.05, 0) is 50.4 Å². The highest BCUT2D eigenvalue weighted by atomic mass is 35.5. The predicted octanol–water partition coefficient (Wildman–Crippen LogP) is 2.15. The van der Waals surface area contributed by atoms with Gasteiger partial charge in [-0.25, -0.2) is 4.98 Å². The quantitative estimate of drug-likeness (QED) is 0.902. The first-order chi connectivity index (χ1) is 8.92. The van der Waals surface area contributed by atoms with E-state index in [1.807, 2.05) is 12.1 Å². The number of imidazole rings is 1. The third-order valence-corrected chi connectivity index (χ3v) is 3.46. The lowest BCUT2D eigenvalue weighted by Crippen LogP contribution is -2.28. The number of H-pyrrole nitrogens is 1. The Morgan fingerprint density at radius 3 is 2.95 bits per heavy atom. The zero-order chi connectivity index (χ0) is 12.2. The minimum atomic E-state index is 0. The van der Waals surface area contributed by atoms with Gasteiger partial charge in [-0.15, -0.1) is 12.4 Å². The molecule has 0 bridgehead atoms. The van der Waals surface area contributed by atoms with Gasteiger partial charge in [0.15, 0.2) is 5.65 Å². The first-order valence-corrected chi connectivity index (χ1v) is 6.56. The lowest BCUT2D eigenvalue weighted by atomic mass is 9.95. The maximum Gasteiger partial charge on any atom is 0.296 e. The highest BCUT2D eigenvalue weighted by molar-refractivity contribution is 5.85. The Hall–Kier alpha value is -1.33. The van der Waals surface area contributed by atoms with Crippen LogP contribution in [0.15, 0.2) is 18.3 Å². The minimum Gasteiger partial charge on any atom is -0.465 e. The molecule has 2 aromatic rings. The largest absolute Gasteiger partial charge is 0.465 e. The molecule has 104 valence electrons. The van der Waals surface area contributed by atoms with Crippen molar-refractivity contribution in [1.82, 2.24) is 20.3 Å². The van der Waals surface area contributed by atoms with Crippen molar-refractivity contribution in [2.75, 3.05) is 19.7 Å². The van der Waals surface area contributed by atoms with Gasteiger partial charge in [0.05, 0.1) is 12.1 Å². The Morgan fingerprint density at radius 2 is 2.16 bits per heavy atom. The molecule has 1 saturated heterocycles. The van der Waals surface area contributed by atoms with Gasteiger partial charge in [-0.2, -0.15) is 4.98 Å². The molecule has 1 fully saturated rings. The third kappa shape index (κ3) is 3.58. The summed E-state index contributed by atoms with van der Waals surface area (Å²) in [7, 11) is 0. The molecular formula is C13H19ClN4O. The van der Waals surface area contributed by atoms with Crippen LogP contribution >= 0.6 is 12.4 Å². The number of pyridine rings is 1. The Labute approximate surface area is 118 Å². The standard InChI is InChI=1S/C13H18N4O.ClH/c1-2-11-12(15-6-1)17-13(16-11)18-9-5-10-3-7-14-8-4-10;/h1-2,6,10,14H,3-5,7-9H2,(H,15,16,17);1H. The monoisotopic (exact) mass is 282 g/mol. The molecule has 5 nitrogen and oxygen atoms in total. The van der Waals surface area contributed by atoms with Crippen molar-refractivity contribution in [3.05, 3.63) is 18.3 Å². The summed E-state index contributed by atoms with van der Waals surface area (Å²) in [4.78, 5) is 11.6. The zero-order valence-corrected chi connectivity index (χ0v) is 11.6. The summed E-state index contributed by atoms with van der Waals surface area (Å²) in [5.74, 6) is 0.786. The van der Waals surface area contributed by atoms with Crippen molar-refractivity contribution >= 4 is 23.6 Å². The number of rotatable bonds is 4. The number of aromatic amines is 1. The fourth-order valence-electron chi connectivity index (χ4n) is 2.38. The predicted molar refractivity (Wildman–Crippen MR) is 76.8 cm³/mol. The average Bonchev–Trinajstić information content (AvgIpc) is 2.82. The average molecular weight is 283 g/mol. The summed E-state index contributed by atoms with van der Waals surface area (Å²) >= 11 is 0. The Kier molecular flexibility index (Phi) is 4.99. The van der Waals surface area contributed by atoms with Crippen molar-refractivity contribution in [1.29, 1.82) is 0 Å². The van der Waals surface area contributed by atoms with Crippen LogP contribution in [0.3, 0.4) is 0 Å². The van der Waals surface area contributed by atoms with Gasteiger partial charge in [0.1, 0.15) is 0 Å². The van der Waals surface area contributed by atoms with Crippen LogP contribution in [0.5, 0.6) is 6.01 Å². The molecule has 0 aliphatic carbocycles. The first-order valence-electron chi connectivity index (χ1n) is 6.56. The van der Waals surface area contributed by atoms with Crippen LogP contribution in [-0.2, 0) is 0 Å². The van der Waals surface area contributed by atoms with E-state index >= 15 is 0 Å². The topological polar surface area (TPSA) is 62.8 Å². The van der Waals surface area contributed by atoms with Crippen LogP contribution in [0.1, 0.15) is 19.3 Å². The zero-order valence-electron chi connectivity index (χ0n) is 10.8. The highest BCUT2D eigenvalue weighted by Crippen LogP contribution is 2.17. The van der Waals surface area contributed by atoms with E-state index in [0.717, 1.165) is 43.2 Å². The number of halogens is 1. The summed E-state index contributed by atoms with van der Waals surface area (Å²) in [5, 5.41) is 3.37. The van der Waals surface area contributed by atoms with Crippen molar-refractivity contribution in [3.8, 4) is 6.01 Å². The number of nitrogens with one attached hydrogen (secondary N) is 2. The van der Waals surface area contributed by atoms with Crippen LogP contribution in [0, 0.1) is 5.92 Å². The molecule has 0 saturated carbocycles. The fourth-order valence-corrected chi connectivity index (χ4v) is 2.38. The van der Waals surface area contributed by atoms with E-state index in [4.69, 9.17) is 4.74 Å². The van der Waals surface area contributed by atoms with Gasteiger partial charge < -0.3 is 15.0 Å². The molecule has 2 aromatic heterocycles. The molecule has 19 heavy (non-hydrogen) atoms. The normalized spacial score (nSPS) is 16.2. The lowest BCUT2D eigenvalue weighted by Gasteiger charge is -2.21. The SMILES string of the molecule is Cl.c1cnc2nc(OCCC3CCNCC3)[nH]c2c1. The van der Waals surface area contributed by atoms with Crippen LogP contribution in [0.4, 0.5) is 0 Å². The maximum atomic E-state index is 5.67. The summed E-state index contributed by atoms with van der Waals surface area (Å²) in [6.07, 6.45) is 5.35. The number of piperidine rings is 1. The van der Waals surface area contributed by atoms with Gasteiger partial charge in [0.25, 0.3) is 6.01 Å². The number of nitrogens with zero attached hydrogens (tertiary/aromatic N) is 2. The molecule has 2 N–H and O–H groups in total. The summed E-state index contributed by atoms with van der Waals surface area (Å²) in [5.41, 5.74) is 1.64. The molecule has 0 unspecified atom stereocenters. The highest BCUT2D eigenvalue weighted by Gasteiger charge is 2.13. The van der Waals surface area contributed by atoms with E-state index in [0.29, 0.717) is 6.01 Å². The fraction of sp³-hybridized carbons (Fsp3) is 0.538. The van der Waals surface area contributed by atoms with E-state index in [2.05, 4.69) is 20.3 Å². The lowest BCUT2D eigenvalue weighted by molar-refractivity contribution is 0.240. The van der Waals surface area contributed by atoms with E-state index < -0.39 is 0 Å². The van der Waals surface area contributed by atoms with Crippen LogP contribution in [0.2, 0.25) is 0 Å². The number of aromatic nitrogens is 3. The van der Waals surface area contributed by atoms with Gasteiger partial charge in [-0.3, -0.25) is 0 Å². The maximum absolute atomic E-state index is 5.67.